The summed E-state index contributed by atoms with van der Waals surface area (Å²) in [4.78, 5) is 0. The molecular formula is C15H14ClN3S. The number of nitrogens with one attached hydrogen (secondary N) is 2. The fourth-order valence-electron chi connectivity index (χ4n) is 1.54. The molecule has 0 heterocycles. The van der Waals surface area contributed by atoms with Crippen molar-refractivity contribution in [2.75, 3.05) is 5.32 Å². The number of thiocarbonyl (C=S) groups is 1. The van der Waals surface area contributed by atoms with Gasteiger partial charge in [0, 0.05) is 16.3 Å². The molecule has 0 amide bonds. The normalized spacial score (nSPS) is 10.5. The van der Waals surface area contributed by atoms with Crippen LogP contribution in [0.15, 0.2) is 53.6 Å². The Balaban J connectivity index is 1.89. The second kappa shape index (κ2) is 7.03. The Bertz CT molecular complexity index is 623. The minimum absolute atomic E-state index is 0.428. The molecule has 0 spiro atoms. The summed E-state index contributed by atoms with van der Waals surface area (Å²) in [5.74, 6) is 0. The molecule has 2 N–H and O–H groups in total. The van der Waals surface area contributed by atoms with E-state index in [4.69, 9.17) is 23.8 Å². The van der Waals surface area contributed by atoms with Crippen molar-refractivity contribution >= 4 is 40.8 Å². The van der Waals surface area contributed by atoms with E-state index in [1.807, 2.05) is 55.5 Å². The smallest absolute Gasteiger partial charge is 0.191 e. The van der Waals surface area contributed by atoms with Crippen molar-refractivity contribution in [3.05, 3.63) is 64.7 Å². The maximum absolute atomic E-state index is 6.02. The van der Waals surface area contributed by atoms with E-state index in [0.29, 0.717) is 10.1 Å². The maximum atomic E-state index is 6.02. The number of nitrogens with zero attached hydrogens (tertiary/aromatic N) is 1. The SMILES string of the molecule is Cc1ccc(NC(=S)NN=Cc2ccccc2Cl)cc1. The molecule has 0 bridgehead atoms. The minimum atomic E-state index is 0.428. The number of anilines is 1. The summed E-state index contributed by atoms with van der Waals surface area (Å²) in [6, 6.07) is 15.4. The van der Waals surface area contributed by atoms with Crippen LogP contribution in [0.4, 0.5) is 5.69 Å². The number of hydrazone groups is 1. The van der Waals surface area contributed by atoms with E-state index in [-0.39, 0.29) is 0 Å². The zero-order valence-electron chi connectivity index (χ0n) is 10.9. The van der Waals surface area contributed by atoms with E-state index in [1.54, 1.807) is 6.21 Å². The predicted octanol–water partition coefficient (Wildman–Crippen LogP) is 3.97. The first kappa shape index (κ1) is 14.5. The van der Waals surface area contributed by atoms with Crippen LogP contribution in [-0.2, 0) is 0 Å². The van der Waals surface area contributed by atoms with Crippen LogP contribution in [0.2, 0.25) is 5.02 Å². The van der Waals surface area contributed by atoms with Gasteiger partial charge in [0.15, 0.2) is 5.11 Å². The molecule has 2 rings (SSSR count). The average molecular weight is 304 g/mol. The first-order chi connectivity index (χ1) is 9.65. The highest BCUT2D eigenvalue weighted by Crippen LogP contribution is 2.12. The van der Waals surface area contributed by atoms with Gasteiger partial charge in [-0.05, 0) is 37.3 Å². The summed E-state index contributed by atoms with van der Waals surface area (Å²) >= 11 is 11.2. The highest BCUT2D eigenvalue weighted by Gasteiger charge is 1.96. The quantitative estimate of drug-likeness (QED) is 0.512. The molecule has 0 saturated carbocycles. The van der Waals surface area contributed by atoms with Crippen LogP contribution in [0, 0.1) is 6.92 Å². The minimum Gasteiger partial charge on any atom is -0.331 e. The van der Waals surface area contributed by atoms with Crippen molar-refractivity contribution in [3.63, 3.8) is 0 Å². The third-order valence-corrected chi connectivity index (χ3v) is 3.12. The van der Waals surface area contributed by atoms with Crippen molar-refractivity contribution < 1.29 is 0 Å². The molecular weight excluding hydrogens is 290 g/mol. The molecule has 0 saturated heterocycles. The van der Waals surface area contributed by atoms with Gasteiger partial charge >= 0.3 is 0 Å². The number of hydrogen-bond acceptors (Lipinski definition) is 2. The Hall–Kier alpha value is -1.91. The number of aryl methyl sites for hydroxylation is 1. The Labute approximate surface area is 128 Å². The van der Waals surface area contributed by atoms with E-state index in [0.717, 1.165) is 11.3 Å². The third kappa shape index (κ3) is 4.33. The second-order valence-corrected chi connectivity index (χ2v) is 5.03. The van der Waals surface area contributed by atoms with Crippen LogP contribution in [0.25, 0.3) is 0 Å². The van der Waals surface area contributed by atoms with E-state index in [9.17, 15) is 0 Å². The molecule has 20 heavy (non-hydrogen) atoms. The van der Waals surface area contributed by atoms with Crippen molar-refractivity contribution in [2.24, 2.45) is 5.10 Å². The highest BCUT2D eigenvalue weighted by molar-refractivity contribution is 7.80. The third-order valence-electron chi connectivity index (χ3n) is 2.58. The predicted molar refractivity (Wildman–Crippen MR) is 89.6 cm³/mol. The van der Waals surface area contributed by atoms with Crippen molar-refractivity contribution in [1.29, 1.82) is 0 Å². The summed E-state index contributed by atoms with van der Waals surface area (Å²) < 4.78 is 0. The fourth-order valence-corrected chi connectivity index (χ4v) is 1.89. The van der Waals surface area contributed by atoms with Crippen molar-refractivity contribution in [1.82, 2.24) is 5.43 Å². The molecule has 102 valence electrons. The van der Waals surface area contributed by atoms with Gasteiger partial charge in [-0.3, -0.25) is 5.43 Å². The summed E-state index contributed by atoms with van der Waals surface area (Å²) in [6.07, 6.45) is 1.63. The zero-order chi connectivity index (χ0) is 14.4. The van der Waals surface area contributed by atoms with Gasteiger partial charge in [0.05, 0.1) is 6.21 Å². The van der Waals surface area contributed by atoms with Crippen LogP contribution >= 0.6 is 23.8 Å². The van der Waals surface area contributed by atoms with Crippen molar-refractivity contribution in [3.8, 4) is 0 Å². The monoisotopic (exact) mass is 303 g/mol. The number of hydrogen-bond donors (Lipinski definition) is 2. The van der Waals surface area contributed by atoms with Gasteiger partial charge in [-0.1, -0.05) is 47.5 Å². The number of rotatable bonds is 3. The Morgan fingerprint density at radius 1 is 1.15 bits per heavy atom. The van der Waals surface area contributed by atoms with Crippen LogP contribution < -0.4 is 10.7 Å². The molecule has 0 aliphatic carbocycles. The van der Waals surface area contributed by atoms with Crippen LogP contribution in [-0.4, -0.2) is 11.3 Å². The van der Waals surface area contributed by atoms with Crippen molar-refractivity contribution in [2.45, 2.75) is 6.92 Å². The van der Waals surface area contributed by atoms with Gasteiger partial charge in [-0.15, -0.1) is 0 Å². The highest BCUT2D eigenvalue weighted by atomic mass is 35.5. The lowest BCUT2D eigenvalue weighted by molar-refractivity contribution is 1.05. The summed E-state index contributed by atoms with van der Waals surface area (Å²) in [7, 11) is 0. The molecule has 2 aromatic rings. The topological polar surface area (TPSA) is 36.4 Å². The van der Waals surface area contributed by atoms with Crippen LogP contribution in [0.3, 0.4) is 0 Å². The lowest BCUT2D eigenvalue weighted by Crippen LogP contribution is -2.23. The maximum Gasteiger partial charge on any atom is 0.191 e. The first-order valence-electron chi connectivity index (χ1n) is 6.06. The zero-order valence-corrected chi connectivity index (χ0v) is 12.5. The Morgan fingerprint density at radius 2 is 1.85 bits per heavy atom. The summed E-state index contributed by atoms with van der Waals surface area (Å²) in [6.45, 7) is 2.04. The lowest BCUT2D eigenvalue weighted by Gasteiger charge is -2.07. The molecule has 2 aromatic carbocycles. The van der Waals surface area contributed by atoms with E-state index in [1.165, 1.54) is 5.56 Å². The summed E-state index contributed by atoms with van der Waals surface area (Å²) in [5, 5.41) is 8.17. The average Bonchev–Trinajstić information content (AvgIpc) is 2.43. The number of benzene rings is 2. The van der Waals surface area contributed by atoms with E-state index >= 15 is 0 Å². The van der Waals surface area contributed by atoms with Gasteiger partial charge in [-0.25, -0.2) is 0 Å². The Morgan fingerprint density at radius 3 is 2.55 bits per heavy atom. The first-order valence-corrected chi connectivity index (χ1v) is 6.85. The van der Waals surface area contributed by atoms with E-state index < -0.39 is 0 Å². The van der Waals surface area contributed by atoms with Crippen LogP contribution in [0.5, 0.6) is 0 Å². The van der Waals surface area contributed by atoms with Gasteiger partial charge in [0.25, 0.3) is 0 Å². The summed E-state index contributed by atoms with van der Waals surface area (Å²) in [5.41, 5.74) is 5.70. The standard InChI is InChI=1S/C15H14ClN3S/c1-11-6-8-13(9-7-11)18-15(20)19-17-10-12-4-2-3-5-14(12)16/h2-10H,1H3,(H2,18,19,20). The molecule has 0 aliphatic heterocycles. The molecule has 0 aliphatic rings. The molecule has 3 nitrogen and oxygen atoms in total. The molecule has 5 heteroatoms. The molecule has 0 unspecified atom stereocenters. The fraction of sp³-hybridized carbons (Fsp3) is 0.0667. The molecule has 0 radical (unpaired) electrons. The van der Waals surface area contributed by atoms with Gasteiger partial charge in [0.1, 0.15) is 0 Å². The molecule has 0 fully saturated rings. The van der Waals surface area contributed by atoms with Crippen LogP contribution in [0.1, 0.15) is 11.1 Å². The van der Waals surface area contributed by atoms with Gasteiger partial charge < -0.3 is 5.32 Å². The Kier molecular flexibility index (Phi) is 5.09. The van der Waals surface area contributed by atoms with E-state index in [2.05, 4.69) is 15.8 Å². The lowest BCUT2D eigenvalue weighted by atomic mass is 10.2. The second-order valence-electron chi connectivity index (χ2n) is 4.21. The van der Waals surface area contributed by atoms with Gasteiger partial charge in [0.2, 0.25) is 0 Å². The largest absolute Gasteiger partial charge is 0.331 e. The molecule has 0 aromatic heterocycles. The van der Waals surface area contributed by atoms with Gasteiger partial charge in [-0.2, -0.15) is 5.10 Å². The number of halogens is 1. The molecule has 0 atom stereocenters.